The van der Waals surface area contributed by atoms with Gasteiger partial charge in [-0.05, 0) is 24.6 Å². The number of rotatable bonds is 5. The number of sulfonamides is 1. The average molecular weight is 346 g/mol. The first kappa shape index (κ1) is 16.2. The number of hydrogen-bond donors (Lipinski definition) is 1. The van der Waals surface area contributed by atoms with E-state index < -0.39 is 10.0 Å². The standard InChI is InChI=1S/C13H16ClN3O2S2/c1-9-4-5-10(6-12(9)21(18,19)17(2)3)15-7-11-8-16-13(14)20-11/h4-6,8,15H,7H2,1-3H3. The lowest BCUT2D eigenvalue weighted by atomic mass is 10.2. The smallest absolute Gasteiger partial charge is 0.242 e. The summed E-state index contributed by atoms with van der Waals surface area (Å²) in [4.78, 5) is 5.25. The van der Waals surface area contributed by atoms with E-state index in [4.69, 9.17) is 11.6 Å². The van der Waals surface area contributed by atoms with Gasteiger partial charge >= 0.3 is 0 Å². The van der Waals surface area contributed by atoms with Crippen LogP contribution < -0.4 is 5.32 Å². The van der Waals surface area contributed by atoms with Crippen LogP contribution in [-0.2, 0) is 16.6 Å². The predicted octanol–water partition coefficient (Wildman–Crippen LogP) is 2.97. The zero-order valence-electron chi connectivity index (χ0n) is 11.9. The first-order valence-electron chi connectivity index (χ1n) is 6.18. The molecule has 0 aliphatic rings. The van der Waals surface area contributed by atoms with Gasteiger partial charge in [-0.15, -0.1) is 11.3 Å². The van der Waals surface area contributed by atoms with E-state index >= 15 is 0 Å². The Labute approximate surface area is 133 Å². The van der Waals surface area contributed by atoms with Gasteiger partial charge in [0.05, 0.1) is 11.4 Å². The van der Waals surface area contributed by atoms with E-state index in [9.17, 15) is 8.42 Å². The minimum Gasteiger partial charge on any atom is -0.380 e. The van der Waals surface area contributed by atoms with E-state index in [0.29, 0.717) is 15.9 Å². The summed E-state index contributed by atoms with van der Waals surface area (Å²) >= 11 is 7.17. The van der Waals surface area contributed by atoms with Crippen molar-refractivity contribution in [3.05, 3.63) is 39.3 Å². The highest BCUT2D eigenvalue weighted by Crippen LogP contribution is 2.24. The van der Waals surface area contributed by atoms with E-state index in [1.165, 1.54) is 29.7 Å². The van der Waals surface area contributed by atoms with Gasteiger partial charge in [0.25, 0.3) is 0 Å². The summed E-state index contributed by atoms with van der Waals surface area (Å²) in [6, 6.07) is 5.29. The highest BCUT2D eigenvalue weighted by atomic mass is 35.5. The van der Waals surface area contributed by atoms with Gasteiger partial charge in [0, 0.05) is 30.9 Å². The molecule has 0 fully saturated rings. The second-order valence-corrected chi connectivity index (χ2v) is 8.52. The molecule has 2 rings (SSSR count). The predicted molar refractivity (Wildman–Crippen MR) is 86.5 cm³/mol. The summed E-state index contributed by atoms with van der Waals surface area (Å²) in [5.41, 5.74) is 1.46. The zero-order chi connectivity index (χ0) is 15.6. The van der Waals surface area contributed by atoms with Crippen molar-refractivity contribution >= 4 is 38.6 Å². The molecule has 2 aromatic rings. The van der Waals surface area contributed by atoms with Gasteiger partial charge in [-0.3, -0.25) is 0 Å². The number of halogens is 1. The number of benzene rings is 1. The monoisotopic (exact) mass is 345 g/mol. The minimum atomic E-state index is -3.45. The Kier molecular flexibility index (Phi) is 4.88. The molecule has 0 bridgehead atoms. The number of nitrogens with one attached hydrogen (secondary N) is 1. The van der Waals surface area contributed by atoms with Crippen LogP contribution in [0.1, 0.15) is 10.4 Å². The molecular formula is C13H16ClN3O2S2. The second-order valence-electron chi connectivity index (χ2n) is 4.70. The molecule has 1 N–H and O–H groups in total. The maximum absolute atomic E-state index is 12.3. The highest BCUT2D eigenvalue weighted by Gasteiger charge is 2.19. The number of thiazole rings is 1. The normalized spacial score (nSPS) is 11.9. The number of aromatic nitrogens is 1. The van der Waals surface area contributed by atoms with Crippen LogP contribution in [0.5, 0.6) is 0 Å². The number of anilines is 1. The fourth-order valence-corrected chi connectivity index (χ4v) is 3.80. The molecule has 0 radical (unpaired) electrons. The number of hydrogen-bond acceptors (Lipinski definition) is 5. The molecule has 5 nitrogen and oxygen atoms in total. The Bertz CT molecular complexity index is 742. The van der Waals surface area contributed by atoms with Crippen LogP contribution >= 0.6 is 22.9 Å². The van der Waals surface area contributed by atoms with Crippen molar-refractivity contribution in [1.29, 1.82) is 0 Å². The minimum absolute atomic E-state index is 0.305. The van der Waals surface area contributed by atoms with Gasteiger partial charge in [0.1, 0.15) is 0 Å². The summed E-state index contributed by atoms with van der Waals surface area (Å²) in [7, 11) is -0.402. The molecule has 114 valence electrons. The second kappa shape index (κ2) is 6.31. The van der Waals surface area contributed by atoms with Crippen LogP contribution in [-0.4, -0.2) is 31.8 Å². The van der Waals surface area contributed by atoms with E-state index in [1.54, 1.807) is 25.3 Å². The average Bonchev–Trinajstić information content (AvgIpc) is 2.83. The quantitative estimate of drug-likeness (QED) is 0.905. The van der Waals surface area contributed by atoms with Crippen LogP contribution in [0.25, 0.3) is 0 Å². The Morgan fingerprint density at radius 2 is 2.10 bits per heavy atom. The summed E-state index contributed by atoms with van der Waals surface area (Å²) in [5.74, 6) is 0. The zero-order valence-corrected chi connectivity index (χ0v) is 14.3. The number of aryl methyl sites for hydroxylation is 1. The summed E-state index contributed by atoms with van der Waals surface area (Å²) in [6.45, 7) is 2.33. The van der Waals surface area contributed by atoms with Gasteiger partial charge < -0.3 is 5.32 Å². The summed E-state index contributed by atoms with van der Waals surface area (Å²) in [5, 5.41) is 3.18. The summed E-state index contributed by atoms with van der Waals surface area (Å²) in [6.07, 6.45) is 1.70. The van der Waals surface area contributed by atoms with Crippen LogP contribution in [0.4, 0.5) is 5.69 Å². The third kappa shape index (κ3) is 3.74. The van der Waals surface area contributed by atoms with Crippen molar-refractivity contribution in [3.8, 4) is 0 Å². The first-order chi connectivity index (χ1) is 9.80. The Morgan fingerprint density at radius 3 is 2.67 bits per heavy atom. The van der Waals surface area contributed by atoms with Crippen LogP contribution in [0.2, 0.25) is 4.47 Å². The highest BCUT2D eigenvalue weighted by molar-refractivity contribution is 7.89. The van der Waals surface area contributed by atoms with Gasteiger partial charge in [-0.2, -0.15) is 0 Å². The number of nitrogens with zero attached hydrogens (tertiary/aromatic N) is 2. The fraction of sp³-hybridized carbons (Fsp3) is 0.308. The molecule has 0 unspecified atom stereocenters. The van der Waals surface area contributed by atoms with E-state index in [-0.39, 0.29) is 0 Å². The molecule has 1 heterocycles. The molecule has 0 amide bonds. The van der Waals surface area contributed by atoms with Gasteiger partial charge in [-0.1, -0.05) is 17.7 Å². The largest absolute Gasteiger partial charge is 0.380 e. The molecule has 8 heteroatoms. The van der Waals surface area contributed by atoms with Crippen molar-refractivity contribution in [3.63, 3.8) is 0 Å². The van der Waals surface area contributed by atoms with Crippen molar-refractivity contribution in [2.45, 2.75) is 18.4 Å². The van der Waals surface area contributed by atoms with Crippen molar-refractivity contribution in [2.24, 2.45) is 0 Å². The van der Waals surface area contributed by atoms with Gasteiger partial charge in [0.15, 0.2) is 4.47 Å². The lowest BCUT2D eigenvalue weighted by molar-refractivity contribution is 0.520. The Hall–Kier alpha value is -1.15. The maximum Gasteiger partial charge on any atom is 0.242 e. The molecule has 0 aliphatic heterocycles. The fourth-order valence-electron chi connectivity index (χ4n) is 1.74. The molecule has 1 aromatic carbocycles. The molecule has 0 aliphatic carbocycles. The first-order valence-corrected chi connectivity index (χ1v) is 8.81. The maximum atomic E-state index is 12.3. The Balaban J connectivity index is 2.23. The van der Waals surface area contributed by atoms with Crippen molar-refractivity contribution in [2.75, 3.05) is 19.4 Å². The van der Waals surface area contributed by atoms with E-state index in [0.717, 1.165) is 16.1 Å². The van der Waals surface area contributed by atoms with E-state index in [2.05, 4.69) is 10.3 Å². The van der Waals surface area contributed by atoms with Crippen LogP contribution in [0.3, 0.4) is 0 Å². The molecular weight excluding hydrogens is 330 g/mol. The molecule has 0 atom stereocenters. The summed E-state index contributed by atoms with van der Waals surface area (Å²) < 4.78 is 26.2. The van der Waals surface area contributed by atoms with Gasteiger partial charge in [0.2, 0.25) is 10.0 Å². The molecule has 0 spiro atoms. The van der Waals surface area contributed by atoms with Crippen molar-refractivity contribution in [1.82, 2.24) is 9.29 Å². The third-order valence-electron chi connectivity index (χ3n) is 2.94. The molecule has 1 aromatic heterocycles. The third-order valence-corrected chi connectivity index (χ3v) is 6.01. The SMILES string of the molecule is Cc1ccc(NCc2cnc(Cl)s2)cc1S(=O)(=O)N(C)C. The van der Waals surface area contributed by atoms with E-state index in [1.807, 2.05) is 6.07 Å². The Morgan fingerprint density at radius 1 is 1.38 bits per heavy atom. The van der Waals surface area contributed by atoms with Crippen molar-refractivity contribution < 1.29 is 8.42 Å². The molecule has 0 saturated heterocycles. The van der Waals surface area contributed by atoms with Crippen LogP contribution in [0.15, 0.2) is 29.3 Å². The molecule has 0 saturated carbocycles. The lowest BCUT2D eigenvalue weighted by Crippen LogP contribution is -2.23. The topological polar surface area (TPSA) is 62.3 Å². The lowest BCUT2D eigenvalue weighted by Gasteiger charge is -2.15. The van der Waals surface area contributed by atoms with Gasteiger partial charge in [-0.25, -0.2) is 17.7 Å². The molecule has 21 heavy (non-hydrogen) atoms. The van der Waals surface area contributed by atoms with Crippen LogP contribution in [0, 0.1) is 6.92 Å².